The van der Waals surface area contributed by atoms with E-state index < -0.39 is 5.41 Å². The van der Waals surface area contributed by atoms with Gasteiger partial charge in [0.05, 0.1) is 18.3 Å². The second-order valence-corrected chi connectivity index (χ2v) is 5.22. The summed E-state index contributed by atoms with van der Waals surface area (Å²) < 4.78 is 5.26. The third-order valence-electron chi connectivity index (χ3n) is 4.05. The highest BCUT2D eigenvalue weighted by atomic mass is 16.5. The molecule has 3 heteroatoms. The smallest absolute Gasteiger partial charge is 0.147 e. The van der Waals surface area contributed by atoms with Gasteiger partial charge in [0, 0.05) is 18.8 Å². The molecule has 106 valence electrons. The fraction of sp³-hybridized carbons (Fsp3) is 0.412. The van der Waals surface area contributed by atoms with E-state index in [-0.39, 0.29) is 17.5 Å². The topological polar surface area (TPSA) is 43.4 Å². The Morgan fingerprint density at radius 2 is 1.80 bits per heavy atom. The van der Waals surface area contributed by atoms with Gasteiger partial charge in [0.2, 0.25) is 0 Å². The summed E-state index contributed by atoms with van der Waals surface area (Å²) in [5, 5.41) is 0. The summed E-state index contributed by atoms with van der Waals surface area (Å²) in [6, 6.07) is 9.66. The predicted molar refractivity (Wildman–Crippen MR) is 77.3 cm³/mol. The monoisotopic (exact) mass is 272 g/mol. The van der Waals surface area contributed by atoms with Gasteiger partial charge in [-0.25, -0.2) is 0 Å². The van der Waals surface area contributed by atoms with Crippen LogP contribution in [0.3, 0.4) is 0 Å². The third kappa shape index (κ3) is 2.53. The Hall–Kier alpha value is -1.90. The zero-order valence-corrected chi connectivity index (χ0v) is 12.0. The first-order chi connectivity index (χ1) is 9.60. The van der Waals surface area contributed by atoms with E-state index in [1.54, 1.807) is 13.2 Å². The summed E-state index contributed by atoms with van der Waals surface area (Å²) in [5.41, 5.74) is 0.00384. The summed E-state index contributed by atoms with van der Waals surface area (Å²) in [6.07, 6.45) is 4.13. The molecule has 0 radical (unpaired) electrons. The van der Waals surface area contributed by atoms with E-state index in [2.05, 4.69) is 0 Å². The average molecular weight is 272 g/mol. The molecule has 0 saturated heterocycles. The highest BCUT2D eigenvalue weighted by Gasteiger charge is 2.50. The molecule has 1 aromatic carbocycles. The van der Waals surface area contributed by atoms with Gasteiger partial charge in [-0.05, 0) is 25.5 Å². The van der Waals surface area contributed by atoms with Crippen molar-refractivity contribution in [3.05, 3.63) is 48.2 Å². The van der Waals surface area contributed by atoms with Gasteiger partial charge in [-0.3, -0.25) is 9.59 Å². The van der Waals surface area contributed by atoms with Crippen LogP contribution in [0.2, 0.25) is 0 Å². The second-order valence-electron chi connectivity index (χ2n) is 5.22. The first-order valence-corrected chi connectivity index (χ1v) is 7.00. The Kier molecular flexibility index (Phi) is 4.38. The van der Waals surface area contributed by atoms with E-state index in [4.69, 9.17) is 4.74 Å². The van der Waals surface area contributed by atoms with Crippen LogP contribution in [-0.2, 0) is 14.3 Å². The van der Waals surface area contributed by atoms with Gasteiger partial charge < -0.3 is 4.74 Å². The van der Waals surface area contributed by atoms with Crippen molar-refractivity contribution in [2.75, 3.05) is 6.61 Å². The number of allylic oxidation sites excluding steroid dienone is 1. The molecule has 1 atom stereocenters. The van der Waals surface area contributed by atoms with Crippen LogP contribution in [0.15, 0.2) is 42.7 Å². The van der Waals surface area contributed by atoms with Crippen LogP contribution in [0.25, 0.3) is 0 Å². The maximum absolute atomic E-state index is 12.3. The number of hydrogen-bond acceptors (Lipinski definition) is 3. The number of rotatable bonds is 5. The lowest BCUT2D eigenvalue weighted by Crippen LogP contribution is -2.35. The van der Waals surface area contributed by atoms with Crippen molar-refractivity contribution in [1.82, 2.24) is 0 Å². The zero-order valence-electron chi connectivity index (χ0n) is 12.0. The molecule has 1 unspecified atom stereocenters. The molecule has 1 aliphatic rings. The Bertz CT molecular complexity index is 500. The SMILES string of the molecule is CCO/C=C/C(c1ccccc1)C1(C)C(=O)CCC1=O. The van der Waals surface area contributed by atoms with Crippen LogP contribution in [0, 0.1) is 5.41 Å². The van der Waals surface area contributed by atoms with Crippen LogP contribution in [0.4, 0.5) is 0 Å². The standard InChI is InChI=1S/C17H20O3/c1-3-20-12-11-14(13-7-5-4-6-8-13)17(2)15(18)9-10-16(17)19/h4-8,11-12,14H,3,9-10H2,1-2H3/b12-11+. The molecule has 1 fully saturated rings. The largest absolute Gasteiger partial charge is 0.502 e. The summed E-state index contributed by atoms with van der Waals surface area (Å²) in [7, 11) is 0. The van der Waals surface area contributed by atoms with Gasteiger partial charge in [0.15, 0.2) is 0 Å². The van der Waals surface area contributed by atoms with Crippen molar-refractivity contribution >= 4 is 11.6 Å². The third-order valence-corrected chi connectivity index (χ3v) is 4.05. The number of hydrogen-bond donors (Lipinski definition) is 0. The van der Waals surface area contributed by atoms with Gasteiger partial charge >= 0.3 is 0 Å². The van der Waals surface area contributed by atoms with Crippen molar-refractivity contribution in [3.8, 4) is 0 Å². The van der Waals surface area contributed by atoms with Gasteiger partial charge in [-0.2, -0.15) is 0 Å². The van der Waals surface area contributed by atoms with Gasteiger partial charge in [-0.15, -0.1) is 0 Å². The van der Waals surface area contributed by atoms with Crippen molar-refractivity contribution in [2.24, 2.45) is 5.41 Å². The second kappa shape index (κ2) is 6.04. The Morgan fingerprint density at radius 1 is 1.20 bits per heavy atom. The minimum absolute atomic E-state index is 0.0255. The quantitative estimate of drug-likeness (QED) is 0.610. The lowest BCUT2D eigenvalue weighted by atomic mass is 9.71. The molecule has 0 heterocycles. The minimum Gasteiger partial charge on any atom is -0.502 e. The first kappa shape index (κ1) is 14.5. The molecule has 0 aliphatic heterocycles. The molecule has 3 nitrogen and oxygen atoms in total. The Morgan fingerprint density at radius 3 is 2.35 bits per heavy atom. The summed E-state index contributed by atoms with van der Waals surface area (Å²) in [6.45, 7) is 4.23. The molecule has 20 heavy (non-hydrogen) atoms. The van der Waals surface area contributed by atoms with Crippen molar-refractivity contribution in [2.45, 2.75) is 32.6 Å². The predicted octanol–water partition coefficient (Wildman–Crippen LogP) is 3.26. The molecule has 1 saturated carbocycles. The van der Waals surface area contributed by atoms with E-state index in [9.17, 15) is 9.59 Å². The van der Waals surface area contributed by atoms with E-state index in [0.29, 0.717) is 19.4 Å². The summed E-state index contributed by atoms with van der Waals surface area (Å²) in [4.78, 5) is 24.5. The van der Waals surface area contributed by atoms with E-state index in [1.165, 1.54) is 0 Å². The van der Waals surface area contributed by atoms with Crippen molar-refractivity contribution in [3.63, 3.8) is 0 Å². The highest BCUT2D eigenvalue weighted by molar-refractivity contribution is 6.13. The van der Waals surface area contributed by atoms with Crippen LogP contribution in [0.1, 0.15) is 38.2 Å². The molecule has 0 spiro atoms. The number of ether oxygens (including phenoxy) is 1. The lowest BCUT2D eigenvalue weighted by molar-refractivity contribution is -0.134. The number of Topliss-reactive ketones (excluding diaryl/α,β-unsaturated/α-hetero) is 2. The molecule has 1 aromatic rings. The fourth-order valence-corrected chi connectivity index (χ4v) is 2.78. The molecule has 0 amide bonds. The van der Waals surface area contributed by atoms with Crippen LogP contribution < -0.4 is 0 Å². The fourth-order valence-electron chi connectivity index (χ4n) is 2.78. The summed E-state index contributed by atoms with van der Waals surface area (Å²) >= 11 is 0. The normalized spacial score (nSPS) is 19.5. The van der Waals surface area contributed by atoms with Crippen LogP contribution in [0.5, 0.6) is 0 Å². The molecule has 0 N–H and O–H groups in total. The van der Waals surface area contributed by atoms with E-state index in [0.717, 1.165) is 5.56 Å². The van der Waals surface area contributed by atoms with Gasteiger partial charge in [0.25, 0.3) is 0 Å². The molecular formula is C17H20O3. The average Bonchev–Trinajstić information content (AvgIpc) is 2.73. The zero-order chi connectivity index (χ0) is 14.6. The molecule has 2 rings (SSSR count). The molecule has 0 aromatic heterocycles. The highest BCUT2D eigenvalue weighted by Crippen LogP contribution is 2.44. The van der Waals surface area contributed by atoms with E-state index >= 15 is 0 Å². The van der Waals surface area contributed by atoms with Crippen LogP contribution >= 0.6 is 0 Å². The minimum atomic E-state index is -0.963. The number of carbonyl (C=O) groups excluding carboxylic acids is 2. The van der Waals surface area contributed by atoms with E-state index in [1.807, 2.05) is 43.3 Å². The van der Waals surface area contributed by atoms with Crippen LogP contribution in [-0.4, -0.2) is 18.2 Å². The van der Waals surface area contributed by atoms with Crippen molar-refractivity contribution in [1.29, 1.82) is 0 Å². The maximum atomic E-state index is 12.3. The maximum Gasteiger partial charge on any atom is 0.147 e. The van der Waals surface area contributed by atoms with Crippen molar-refractivity contribution < 1.29 is 14.3 Å². The molecule has 1 aliphatic carbocycles. The van der Waals surface area contributed by atoms with Gasteiger partial charge in [-0.1, -0.05) is 30.3 Å². The number of carbonyl (C=O) groups is 2. The number of ketones is 2. The molecular weight excluding hydrogens is 252 g/mol. The molecule has 0 bridgehead atoms. The summed E-state index contributed by atoms with van der Waals surface area (Å²) in [5.74, 6) is -0.215. The number of benzene rings is 1. The first-order valence-electron chi connectivity index (χ1n) is 7.00. The Labute approximate surface area is 119 Å². The lowest BCUT2D eigenvalue weighted by Gasteiger charge is -2.29. The van der Waals surface area contributed by atoms with Gasteiger partial charge in [0.1, 0.15) is 11.6 Å². The Balaban J connectivity index is 2.41.